The van der Waals surface area contributed by atoms with Gasteiger partial charge in [0, 0.05) is 12.8 Å². The first-order valence-corrected chi connectivity index (χ1v) is 11.1. The van der Waals surface area contributed by atoms with Gasteiger partial charge in [-0.15, -0.1) is 0 Å². The standard InChI is InChI=1S/C23H32N8/c1-2-3-9-21-25-22(10-6-15-24)31(28-21)16-17-11-13-18(14-12-17)19-7-4-5-8-20(19)23-26-29-30-27-23/h4-5,7-8,11-14,23,26-27,29-30H,2-3,6,9-10,15-16,24H2,1H3. The molecule has 0 radical (unpaired) electrons. The lowest BCUT2D eigenvalue weighted by Gasteiger charge is -2.15. The fourth-order valence-electron chi connectivity index (χ4n) is 3.82. The number of hydrogen-bond acceptors (Lipinski definition) is 7. The Balaban J connectivity index is 1.52. The molecular weight excluding hydrogens is 388 g/mol. The third-order valence-corrected chi connectivity index (χ3v) is 5.52. The van der Waals surface area contributed by atoms with Crippen LogP contribution in [-0.4, -0.2) is 21.3 Å². The predicted octanol–water partition coefficient (Wildman–Crippen LogP) is 2.34. The quantitative estimate of drug-likeness (QED) is 0.343. The lowest BCUT2D eigenvalue weighted by molar-refractivity contribution is 0.556. The van der Waals surface area contributed by atoms with Crippen LogP contribution in [0.4, 0.5) is 0 Å². The van der Waals surface area contributed by atoms with E-state index in [1.165, 1.54) is 22.3 Å². The predicted molar refractivity (Wildman–Crippen MR) is 122 cm³/mol. The van der Waals surface area contributed by atoms with Crippen molar-refractivity contribution in [3.8, 4) is 11.1 Å². The van der Waals surface area contributed by atoms with E-state index < -0.39 is 0 Å². The van der Waals surface area contributed by atoms with Crippen LogP contribution in [0.3, 0.4) is 0 Å². The monoisotopic (exact) mass is 420 g/mol. The Bertz CT molecular complexity index is 960. The number of rotatable bonds is 10. The molecule has 2 heterocycles. The van der Waals surface area contributed by atoms with Crippen molar-refractivity contribution in [3.05, 3.63) is 71.3 Å². The number of hydrazine groups is 3. The van der Waals surface area contributed by atoms with Gasteiger partial charge in [-0.3, -0.25) is 0 Å². The molecule has 31 heavy (non-hydrogen) atoms. The molecule has 0 atom stereocenters. The van der Waals surface area contributed by atoms with Crippen LogP contribution in [0.1, 0.15) is 55.1 Å². The lowest BCUT2D eigenvalue weighted by atomic mass is 9.97. The molecule has 0 bridgehead atoms. The summed E-state index contributed by atoms with van der Waals surface area (Å²) in [7, 11) is 0. The van der Waals surface area contributed by atoms with Gasteiger partial charge in [0.15, 0.2) is 5.82 Å². The molecule has 1 saturated heterocycles. The van der Waals surface area contributed by atoms with Gasteiger partial charge in [-0.1, -0.05) is 61.9 Å². The average molecular weight is 421 g/mol. The SMILES string of the molecule is CCCCc1nc(CCCN)n(Cc2ccc(-c3ccccc3C3NNNN3)cc2)n1. The normalized spacial score (nSPS) is 14.4. The van der Waals surface area contributed by atoms with E-state index in [1.807, 2.05) is 4.68 Å². The smallest absolute Gasteiger partial charge is 0.150 e. The second-order valence-electron chi connectivity index (χ2n) is 7.85. The summed E-state index contributed by atoms with van der Waals surface area (Å²) in [5, 5.41) is 4.78. The zero-order valence-corrected chi connectivity index (χ0v) is 18.1. The van der Waals surface area contributed by atoms with Crippen LogP contribution in [0.2, 0.25) is 0 Å². The molecule has 4 rings (SSSR count). The number of aryl methyl sites for hydroxylation is 2. The van der Waals surface area contributed by atoms with Crippen molar-refractivity contribution in [1.29, 1.82) is 0 Å². The van der Waals surface area contributed by atoms with Gasteiger partial charge in [-0.2, -0.15) is 16.2 Å². The van der Waals surface area contributed by atoms with E-state index >= 15 is 0 Å². The highest BCUT2D eigenvalue weighted by Crippen LogP contribution is 2.28. The Labute approximate surface area is 183 Å². The van der Waals surface area contributed by atoms with Crippen LogP contribution in [0.15, 0.2) is 48.5 Å². The maximum atomic E-state index is 5.72. The molecule has 0 unspecified atom stereocenters. The Hall–Kier alpha value is -2.62. The molecule has 0 spiro atoms. The van der Waals surface area contributed by atoms with Crippen molar-refractivity contribution in [2.45, 2.75) is 51.7 Å². The van der Waals surface area contributed by atoms with Crippen LogP contribution >= 0.6 is 0 Å². The maximum absolute atomic E-state index is 5.72. The minimum atomic E-state index is -0.00216. The van der Waals surface area contributed by atoms with Crippen molar-refractivity contribution in [3.63, 3.8) is 0 Å². The summed E-state index contributed by atoms with van der Waals surface area (Å²) in [4.78, 5) is 4.77. The number of nitrogens with two attached hydrogens (primary N) is 1. The minimum Gasteiger partial charge on any atom is -0.330 e. The van der Waals surface area contributed by atoms with Crippen molar-refractivity contribution in [1.82, 2.24) is 36.7 Å². The van der Waals surface area contributed by atoms with Crippen LogP contribution in [0.5, 0.6) is 0 Å². The topological polar surface area (TPSA) is 105 Å². The molecule has 1 aromatic heterocycles. The number of aromatic nitrogens is 3. The Morgan fingerprint density at radius 3 is 2.48 bits per heavy atom. The first-order valence-electron chi connectivity index (χ1n) is 11.1. The van der Waals surface area contributed by atoms with Gasteiger partial charge in [-0.25, -0.2) is 20.5 Å². The third-order valence-electron chi connectivity index (χ3n) is 5.52. The molecule has 2 aromatic carbocycles. The lowest BCUT2D eigenvalue weighted by Crippen LogP contribution is -2.33. The molecule has 6 N–H and O–H groups in total. The molecule has 1 aliphatic heterocycles. The summed E-state index contributed by atoms with van der Waals surface area (Å²) >= 11 is 0. The number of nitrogens with one attached hydrogen (secondary N) is 4. The maximum Gasteiger partial charge on any atom is 0.150 e. The Kier molecular flexibility index (Phi) is 7.39. The molecule has 8 heteroatoms. The zero-order chi connectivity index (χ0) is 21.5. The zero-order valence-electron chi connectivity index (χ0n) is 18.1. The highest BCUT2D eigenvalue weighted by Gasteiger charge is 2.18. The number of nitrogens with zero attached hydrogens (tertiary/aromatic N) is 3. The Morgan fingerprint density at radius 2 is 1.74 bits per heavy atom. The number of hydrogen-bond donors (Lipinski definition) is 5. The largest absolute Gasteiger partial charge is 0.330 e. The molecule has 3 aromatic rings. The number of unbranched alkanes of at least 4 members (excludes halogenated alkanes) is 1. The second-order valence-corrected chi connectivity index (χ2v) is 7.85. The van der Waals surface area contributed by atoms with Gasteiger partial charge >= 0.3 is 0 Å². The van der Waals surface area contributed by atoms with E-state index in [4.69, 9.17) is 15.8 Å². The van der Waals surface area contributed by atoms with E-state index in [0.717, 1.165) is 50.3 Å². The van der Waals surface area contributed by atoms with Gasteiger partial charge in [0.2, 0.25) is 0 Å². The summed E-state index contributed by atoms with van der Waals surface area (Å²) in [6, 6.07) is 17.1. The van der Waals surface area contributed by atoms with Crippen LogP contribution in [0, 0.1) is 0 Å². The molecule has 0 aliphatic carbocycles. The fraction of sp³-hybridized carbons (Fsp3) is 0.391. The molecule has 0 amide bonds. The first-order chi connectivity index (χ1) is 15.3. The van der Waals surface area contributed by atoms with E-state index in [2.05, 4.69) is 77.4 Å². The summed E-state index contributed by atoms with van der Waals surface area (Å²) in [5.41, 5.74) is 22.6. The van der Waals surface area contributed by atoms with Gasteiger partial charge in [0.1, 0.15) is 12.0 Å². The van der Waals surface area contributed by atoms with Crippen molar-refractivity contribution in [2.24, 2.45) is 5.73 Å². The molecule has 8 nitrogen and oxygen atoms in total. The summed E-state index contributed by atoms with van der Waals surface area (Å²) < 4.78 is 2.05. The number of benzene rings is 2. The summed E-state index contributed by atoms with van der Waals surface area (Å²) in [6.07, 6.45) is 4.98. The summed E-state index contributed by atoms with van der Waals surface area (Å²) in [5.74, 6) is 1.97. The first kappa shape index (κ1) is 21.6. The molecule has 1 fully saturated rings. The van der Waals surface area contributed by atoms with Crippen LogP contribution in [0.25, 0.3) is 11.1 Å². The molecule has 164 valence electrons. The Morgan fingerprint density at radius 1 is 0.968 bits per heavy atom. The average Bonchev–Trinajstić information content (AvgIpc) is 3.47. The highest BCUT2D eigenvalue weighted by atomic mass is 15.8. The van der Waals surface area contributed by atoms with Crippen molar-refractivity contribution < 1.29 is 0 Å². The third kappa shape index (κ3) is 5.36. The van der Waals surface area contributed by atoms with E-state index in [1.54, 1.807) is 0 Å². The summed E-state index contributed by atoms with van der Waals surface area (Å²) in [6.45, 7) is 3.58. The van der Waals surface area contributed by atoms with Gasteiger partial charge in [0.05, 0.1) is 6.54 Å². The van der Waals surface area contributed by atoms with Gasteiger partial charge in [0.25, 0.3) is 0 Å². The van der Waals surface area contributed by atoms with Crippen LogP contribution in [-0.2, 0) is 19.4 Å². The molecule has 0 saturated carbocycles. The second kappa shape index (κ2) is 10.6. The van der Waals surface area contributed by atoms with Gasteiger partial charge in [-0.05, 0) is 41.6 Å². The van der Waals surface area contributed by atoms with E-state index in [-0.39, 0.29) is 6.17 Å². The van der Waals surface area contributed by atoms with E-state index in [0.29, 0.717) is 6.54 Å². The van der Waals surface area contributed by atoms with E-state index in [9.17, 15) is 0 Å². The highest BCUT2D eigenvalue weighted by molar-refractivity contribution is 5.68. The van der Waals surface area contributed by atoms with Crippen LogP contribution < -0.4 is 27.7 Å². The van der Waals surface area contributed by atoms with Crippen molar-refractivity contribution in [2.75, 3.05) is 6.54 Å². The van der Waals surface area contributed by atoms with Crippen molar-refractivity contribution >= 4 is 0 Å². The van der Waals surface area contributed by atoms with Gasteiger partial charge < -0.3 is 5.73 Å². The minimum absolute atomic E-state index is 0.00216. The molecule has 1 aliphatic rings. The fourth-order valence-corrected chi connectivity index (χ4v) is 3.82. The molecular formula is C23H32N8.